The molecule has 0 spiro atoms. The van der Waals surface area contributed by atoms with Crippen molar-refractivity contribution >= 4 is 16.9 Å². The first kappa shape index (κ1) is 15.4. The number of aliphatic hydroxyl groups excluding tert-OH is 1. The fourth-order valence-corrected chi connectivity index (χ4v) is 2.87. The van der Waals surface area contributed by atoms with Crippen molar-refractivity contribution in [3.8, 4) is 0 Å². The van der Waals surface area contributed by atoms with Crippen LogP contribution in [0.2, 0.25) is 0 Å². The Kier molecular flexibility index (Phi) is 3.77. The van der Waals surface area contributed by atoms with E-state index in [0.29, 0.717) is 13.0 Å². The van der Waals surface area contributed by atoms with Gasteiger partial charge in [-0.05, 0) is 25.0 Å². The van der Waals surface area contributed by atoms with Gasteiger partial charge in [-0.3, -0.25) is 18.7 Å². The molecule has 23 heavy (non-hydrogen) atoms. The number of β-amino-alcohol motifs (C(OH)–C–C–N with tert-alkyl or cyclic N) is 1. The van der Waals surface area contributed by atoms with E-state index in [1.807, 2.05) is 0 Å². The van der Waals surface area contributed by atoms with Crippen LogP contribution in [-0.4, -0.2) is 49.2 Å². The predicted octanol–water partition coefficient (Wildman–Crippen LogP) is -0.771. The number of likely N-dealkylation sites (tertiary alicyclic amines) is 1. The van der Waals surface area contributed by atoms with Crippen molar-refractivity contribution in [2.45, 2.75) is 18.9 Å². The number of piperidine rings is 1. The maximum atomic E-state index is 12.5. The highest BCUT2D eigenvalue weighted by Gasteiger charge is 2.24. The molecule has 1 atom stereocenters. The second-order valence-electron chi connectivity index (χ2n) is 5.82. The molecule has 0 aromatic carbocycles. The van der Waals surface area contributed by atoms with Crippen molar-refractivity contribution < 1.29 is 9.90 Å². The number of fused-ring (bicyclic) bond motifs is 1. The monoisotopic (exact) mass is 318 g/mol. The average molecular weight is 318 g/mol. The summed E-state index contributed by atoms with van der Waals surface area (Å²) >= 11 is 0. The summed E-state index contributed by atoms with van der Waals surface area (Å²) in [6, 6.07) is 3.00. The number of rotatable bonds is 1. The van der Waals surface area contributed by atoms with E-state index in [-0.39, 0.29) is 29.2 Å². The van der Waals surface area contributed by atoms with Gasteiger partial charge in [0.1, 0.15) is 11.3 Å². The Hall–Kier alpha value is -2.48. The molecule has 3 rings (SSSR count). The summed E-state index contributed by atoms with van der Waals surface area (Å²) in [6.07, 6.45) is 0.892. The number of hydrogen-bond donors (Lipinski definition) is 1. The number of carbonyl (C=O) groups excluding carboxylic acids is 1. The number of carbonyl (C=O) groups is 1. The third-order valence-corrected chi connectivity index (χ3v) is 4.20. The summed E-state index contributed by atoms with van der Waals surface area (Å²) in [6.45, 7) is 0.832. The zero-order valence-electron chi connectivity index (χ0n) is 13.0. The number of aliphatic hydroxyl groups is 1. The first-order valence-electron chi connectivity index (χ1n) is 7.44. The molecule has 1 fully saturated rings. The lowest BCUT2D eigenvalue weighted by Crippen LogP contribution is -2.42. The normalized spacial score (nSPS) is 18.4. The maximum Gasteiger partial charge on any atom is 0.332 e. The van der Waals surface area contributed by atoms with Gasteiger partial charge in [-0.1, -0.05) is 0 Å². The number of pyridine rings is 1. The highest BCUT2D eigenvalue weighted by molar-refractivity contribution is 5.94. The Balaban J connectivity index is 2.08. The number of hydrogen-bond acceptors (Lipinski definition) is 5. The van der Waals surface area contributed by atoms with Crippen LogP contribution in [0.1, 0.15) is 23.3 Å². The van der Waals surface area contributed by atoms with Gasteiger partial charge in [0, 0.05) is 27.2 Å². The molecule has 8 nitrogen and oxygen atoms in total. The minimum absolute atomic E-state index is 0.162. The average Bonchev–Trinajstić information content (AvgIpc) is 2.57. The first-order valence-corrected chi connectivity index (χ1v) is 7.44. The molecule has 1 amide bonds. The Morgan fingerprint density at radius 3 is 2.70 bits per heavy atom. The zero-order valence-corrected chi connectivity index (χ0v) is 13.0. The third-order valence-electron chi connectivity index (χ3n) is 4.20. The number of amides is 1. The topological polar surface area (TPSA) is 97.4 Å². The van der Waals surface area contributed by atoms with Crippen molar-refractivity contribution in [2.24, 2.45) is 14.1 Å². The van der Waals surface area contributed by atoms with Crippen LogP contribution in [0.25, 0.3) is 11.0 Å². The SMILES string of the molecule is Cn1c(=O)c2ccc(C(=O)N3CCC[C@H](O)C3)nc2n(C)c1=O. The second-order valence-corrected chi connectivity index (χ2v) is 5.82. The highest BCUT2D eigenvalue weighted by atomic mass is 16.3. The molecule has 1 aliphatic rings. The van der Waals surface area contributed by atoms with Crippen LogP contribution >= 0.6 is 0 Å². The molecule has 0 saturated carbocycles. The molecular weight excluding hydrogens is 300 g/mol. The molecule has 1 saturated heterocycles. The van der Waals surface area contributed by atoms with Crippen LogP contribution in [0.15, 0.2) is 21.7 Å². The van der Waals surface area contributed by atoms with Gasteiger partial charge in [-0.15, -0.1) is 0 Å². The van der Waals surface area contributed by atoms with Crippen LogP contribution in [0.5, 0.6) is 0 Å². The molecule has 0 aliphatic carbocycles. The van der Waals surface area contributed by atoms with Crippen molar-refractivity contribution in [3.05, 3.63) is 38.7 Å². The summed E-state index contributed by atoms with van der Waals surface area (Å²) in [7, 11) is 2.91. The van der Waals surface area contributed by atoms with Gasteiger partial charge < -0.3 is 10.0 Å². The van der Waals surface area contributed by atoms with Gasteiger partial charge in [-0.2, -0.15) is 0 Å². The van der Waals surface area contributed by atoms with E-state index in [4.69, 9.17) is 0 Å². The third kappa shape index (κ3) is 2.55. The van der Waals surface area contributed by atoms with E-state index in [9.17, 15) is 19.5 Å². The minimum Gasteiger partial charge on any atom is -0.391 e. The van der Waals surface area contributed by atoms with E-state index >= 15 is 0 Å². The Morgan fingerprint density at radius 2 is 2.00 bits per heavy atom. The summed E-state index contributed by atoms with van der Waals surface area (Å²) in [5.41, 5.74) is -0.590. The fourth-order valence-electron chi connectivity index (χ4n) is 2.87. The summed E-state index contributed by atoms with van der Waals surface area (Å²) in [5, 5.41) is 9.97. The lowest BCUT2D eigenvalue weighted by atomic mass is 10.1. The second kappa shape index (κ2) is 5.62. The molecule has 2 aromatic rings. The largest absolute Gasteiger partial charge is 0.391 e. The van der Waals surface area contributed by atoms with Gasteiger partial charge in [0.15, 0.2) is 0 Å². The van der Waals surface area contributed by atoms with Gasteiger partial charge in [0.2, 0.25) is 0 Å². The number of nitrogens with zero attached hydrogens (tertiary/aromatic N) is 4. The lowest BCUT2D eigenvalue weighted by Gasteiger charge is -2.29. The molecule has 3 heterocycles. The highest BCUT2D eigenvalue weighted by Crippen LogP contribution is 2.14. The first-order chi connectivity index (χ1) is 10.9. The van der Waals surface area contributed by atoms with E-state index < -0.39 is 17.4 Å². The number of aromatic nitrogens is 3. The van der Waals surface area contributed by atoms with Crippen LogP contribution < -0.4 is 11.2 Å². The van der Waals surface area contributed by atoms with Crippen LogP contribution in [-0.2, 0) is 14.1 Å². The van der Waals surface area contributed by atoms with Gasteiger partial charge >= 0.3 is 5.69 Å². The molecular formula is C15H18N4O4. The molecule has 0 unspecified atom stereocenters. The summed E-state index contributed by atoms with van der Waals surface area (Å²) < 4.78 is 2.26. The summed E-state index contributed by atoms with van der Waals surface area (Å²) in [4.78, 5) is 42.4. The smallest absolute Gasteiger partial charge is 0.332 e. The van der Waals surface area contributed by atoms with Crippen LogP contribution in [0.3, 0.4) is 0 Å². The van der Waals surface area contributed by atoms with Crippen molar-refractivity contribution in [3.63, 3.8) is 0 Å². The Labute approximate surface area is 131 Å². The molecule has 0 bridgehead atoms. The van der Waals surface area contributed by atoms with E-state index in [1.54, 1.807) is 4.90 Å². The van der Waals surface area contributed by atoms with E-state index in [0.717, 1.165) is 11.0 Å². The fraction of sp³-hybridized carbons (Fsp3) is 0.467. The minimum atomic E-state index is -0.523. The molecule has 1 aliphatic heterocycles. The van der Waals surface area contributed by atoms with Gasteiger partial charge in [0.05, 0.1) is 11.5 Å². The standard InChI is InChI=1S/C15H18N4O4/c1-17-12-10(13(21)18(2)15(17)23)5-6-11(16-12)14(22)19-7-3-4-9(20)8-19/h5-6,9,20H,3-4,7-8H2,1-2H3/t9-/m0/s1. The van der Waals surface area contributed by atoms with Crippen molar-refractivity contribution in [1.29, 1.82) is 0 Å². The van der Waals surface area contributed by atoms with Crippen molar-refractivity contribution in [1.82, 2.24) is 19.0 Å². The van der Waals surface area contributed by atoms with Gasteiger partial charge in [0.25, 0.3) is 11.5 Å². The van der Waals surface area contributed by atoms with Crippen LogP contribution in [0, 0.1) is 0 Å². The lowest BCUT2D eigenvalue weighted by molar-refractivity contribution is 0.0469. The molecule has 1 N–H and O–H groups in total. The number of aryl methyl sites for hydroxylation is 1. The molecule has 2 aromatic heterocycles. The van der Waals surface area contributed by atoms with Gasteiger partial charge in [-0.25, -0.2) is 9.78 Å². The molecule has 8 heteroatoms. The van der Waals surface area contributed by atoms with E-state index in [1.165, 1.54) is 30.8 Å². The van der Waals surface area contributed by atoms with Crippen molar-refractivity contribution in [2.75, 3.05) is 13.1 Å². The quantitative estimate of drug-likeness (QED) is 0.744. The molecule has 0 radical (unpaired) electrons. The Bertz CT molecular complexity index is 899. The molecule has 122 valence electrons. The summed E-state index contributed by atoms with van der Waals surface area (Å²) in [5.74, 6) is -0.307. The Morgan fingerprint density at radius 1 is 1.26 bits per heavy atom. The zero-order chi connectivity index (χ0) is 16.7. The maximum absolute atomic E-state index is 12.5. The predicted molar refractivity (Wildman–Crippen MR) is 83.4 cm³/mol. The van der Waals surface area contributed by atoms with Crippen LogP contribution in [0.4, 0.5) is 0 Å². The van der Waals surface area contributed by atoms with E-state index in [2.05, 4.69) is 4.98 Å².